The predicted octanol–water partition coefficient (Wildman–Crippen LogP) is 1.12. The van der Waals surface area contributed by atoms with Crippen molar-refractivity contribution in [2.24, 2.45) is 22.4 Å². The molecule has 8 nitrogen and oxygen atoms in total. The van der Waals surface area contributed by atoms with Gasteiger partial charge in [-0.15, -0.1) is 0 Å². The zero-order chi connectivity index (χ0) is 23.2. The van der Waals surface area contributed by atoms with Crippen LogP contribution in [0.25, 0.3) is 0 Å². The topological polar surface area (TPSA) is 137 Å². The normalized spacial score (nSPS) is 33.4. The van der Waals surface area contributed by atoms with E-state index in [0.717, 1.165) is 50.3 Å². The van der Waals surface area contributed by atoms with Crippen molar-refractivity contribution in [1.82, 2.24) is 10.2 Å². The van der Waals surface area contributed by atoms with Crippen molar-refractivity contribution in [3.63, 3.8) is 0 Å². The Balaban J connectivity index is 1.45. The molecule has 2 saturated carbocycles. The van der Waals surface area contributed by atoms with Crippen LogP contribution in [0, 0.1) is 5.92 Å². The zero-order valence-electron chi connectivity index (χ0n) is 19.3. The second kappa shape index (κ2) is 8.47. The molecule has 0 aromatic heterocycles. The van der Waals surface area contributed by atoms with E-state index >= 15 is 0 Å². The van der Waals surface area contributed by atoms with Crippen LogP contribution in [-0.2, 0) is 16.6 Å². The first-order valence-electron chi connectivity index (χ1n) is 12.4. The molecular formula is C25H37N5O3. The monoisotopic (exact) mass is 455 g/mol. The number of amides is 1. The van der Waals surface area contributed by atoms with Crippen molar-refractivity contribution in [1.29, 1.82) is 0 Å². The van der Waals surface area contributed by atoms with E-state index in [1.165, 1.54) is 18.4 Å². The Morgan fingerprint density at radius 2 is 2.06 bits per heavy atom. The van der Waals surface area contributed by atoms with Gasteiger partial charge in [0.1, 0.15) is 5.75 Å². The van der Waals surface area contributed by atoms with Gasteiger partial charge < -0.3 is 27.0 Å². The molecule has 1 heterocycles. The number of hydrogen-bond donors (Lipinski definition) is 5. The van der Waals surface area contributed by atoms with E-state index in [-0.39, 0.29) is 42.7 Å². The maximum absolute atomic E-state index is 12.6. The number of nitrogens with two attached hydrogens (primary N) is 2. The van der Waals surface area contributed by atoms with Crippen molar-refractivity contribution in [2.75, 3.05) is 19.6 Å². The van der Waals surface area contributed by atoms with Gasteiger partial charge in [-0.3, -0.25) is 14.7 Å². The average Bonchev–Trinajstić information content (AvgIpc) is 3.58. The molecule has 0 spiro atoms. The molecule has 3 fully saturated rings. The summed E-state index contributed by atoms with van der Waals surface area (Å²) in [5.41, 5.74) is 11.7. The highest BCUT2D eigenvalue weighted by atomic mass is 16.3. The van der Waals surface area contributed by atoms with Crippen LogP contribution < -0.4 is 16.8 Å². The summed E-state index contributed by atoms with van der Waals surface area (Å²) in [6.45, 7) is 2.34. The summed E-state index contributed by atoms with van der Waals surface area (Å²) in [7, 11) is 0. The third kappa shape index (κ3) is 4.08. The number of aromatic hydroxyl groups is 1. The molecule has 1 aromatic carbocycles. The Hall–Kier alpha value is -2.32. The Morgan fingerprint density at radius 3 is 2.82 bits per heavy atom. The number of carbonyl (C=O) groups is 1. The molecule has 2 bridgehead atoms. The van der Waals surface area contributed by atoms with Crippen LogP contribution in [0.2, 0.25) is 0 Å². The van der Waals surface area contributed by atoms with Gasteiger partial charge in [0.05, 0.1) is 12.1 Å². The highest BCUT2D eigenvalue weighted by molar-refractivity contribution is 5.78. The summed E-state index contributed by atoms with van der Waals surface area (Å²) in [4.78, 5) is 19.0. The number of nitrogens with zero attached hydrogens (tertiary/aromatic N) is 2. The number of aliphatic imine (C=N–C) groups is 1. The summed E-state index contributed by atoms with van der Waals surface area (Å²) < 4.78 is 0. The number of nitrogens with one attached hydrogen (secondary N) is 1. The molecule has 1 saturated heterocycles. The van der Waals surface area contributed by atoms with Gasteiger partial charge in [0.15, 0.2) is 5.96 Å². The largest absolute Gasteiger partial charge is 0.508 e. The molecule has 5 rings (SSSR count). The molecular weight excluding hydrogens is 418 g/mol. The Kier molecular flexibility index (Phi) is 5.77. The van der Waals surface area contributed by atoms with Crippen molar-refractivity contribution < 1.29 is 15.0 Å². The second-order valence-corrected chi connectivity index (χ2v) is 10.7. The fourth-order valence-electron chi connectivity index (χ4n) is 6.91. The van der Waals surface area contributed by atoms with Crippen molar-refractivity contribution in [2.45, 2.75) is 80.9 Å². The minimum atomic E-state index is -0.862. The van der Waals surface area contributed by atoms with E-state index < -0.39 is 11.0 Å². The van der Waals surface area contributed by atoms with Crippen molar-refractivity contribution in [3.05, 3.63) is 29.3 Å². The van der Waals surface area contributed by atoms with E-state index in [1.807, 2.05) is 12.1 Å². The molecule has 1 aliphatic heterocycles. The third-order valence-electron chi connectivity index (χ3n) is 8.55. The summed E-state index contributed by atoms with van der Waals surface area (Å²) >= 11 is 0. The van der Waals surface area contributed by atoms with Crippen LogP contribution in [0.3, 0.4) is 0 Å². The van der Waals surface area contributed by atoms with Crippen LogP contribution in [0.15, 0.2) is 23.2 Å². The van der Waals surface area contributed by atoms with Gasteiger partial charge in [-0.05, 0) is 87.1 Å². The van der Waals surface area contributed by atoms with E-state index in [1.54, 1.807) is 6.07 Å². The quantitative estimate of drug-likeness (QED) is 0.322. The molecule has 1 aromatic rings. The van der Waals surface area contributed by atoms with Gasteiger partial charge in [-0.25, -0.2) is 0 Å². The van der Waals surface area contributed by atoms with Crippen LogP contribution in [0.5, 0.6) is 5.75 Å². The van der Waals surface area contributed by atoms with Crippen LogP contribution in [-0.4, -0.2) is 64.3 Å². The molecule has 7 N–H and O–H groups in total. The van der Waals surface area contributed by atoms with Gasteiger partial charge in [-0.1, -0.05) is 6.07 Å². The Bertz CT molecular complexity index is 944. The summed E-state index contributed by atoms with van der Waals surface area (Å²) in [6, 6.07) is 5.73. The lowest BCUT2D eigenvalue weighted by molar-refractivity contribution is -0.137. The lowest BCUT2D eigenvalue weighted by Crippen LogP contribution is -2.69. The number of rotatable bonds is 6. The van der Waals surface area contributed by atoms with Crippen LogP contribution >= 0.6 is 0 Å². The molecule has 3 aliphatic carbocycles. The van der Waals surface area contributed by atoms with E-state index in [4.69, 9.17) is 11.5 Å². The average molecular weight is 456 g/mol. The van der Waals surface area contributed by atoms with Crippen LogP contribution in [0.4, 0.5) is 0 Å². The number of fused-ring (bicyclic) bond motifs is 1. The maximum atomic E-state index is 12.6. The second-order valence-electron chi connectivity index (χ2n) is 10.7. The molecule has 0 unspecified atom stereocenters. The fourth-order valence-corrected chi connectivity index (χ4v) is 6.91. The molecule has 4 aliphatic rings. The van der Waals surface area contributed by atoms with Crippen molar-refractivity contribution >= 4 is 11.9 Å². The zero-order valence-corrected chi connectivity index (χ0v) is 19.3. The minimum absolute atomic E-state index is 0.0108. The maximum Gasteiger partial charge on any atom is 0.222 e. The van der Waals surface area contributed by atoms with Gasteiger partial charge >= 0.3 is 0 Å². The van der Waals surface area contributed by atoms with E-state index in [2.05, 4.69) is 15.2 Å². The van der Waals surface area contributed by atoms with Crippen LogP contribution in [0.1, 0.15) is 62.5 Å². The number of aliphatic hydroxyl groups is 1. The van der Waals surface area contributed by atoms with E-state index in [9.17, 15) is 15.0 Å². The fraction of sp³-hybridized carbons (Fsp3) is 0.680. The number of likely N-dealkylation sites (tertiary alicyclic amines) is 1. The molecule has 180 valence electrons. The number of carbonyl (C=O) groups excluding carboxylic acids is 1. The summed E-state index contributed by atoms with van der Waals surface area (Å²) in [5.74, 6) is 0.928. The first-order chi connectivity index (χ1) is 15.8. The minimum Gasteiger partial charge on any atom is -0.508 e. The molecule has 4 atom stereocenters. The van der Waals surface area contributed by atoms with Gasteiger partial charge in [0, 0.05) is 30.5 Å². The van der Waals surface area contributed by atoms with Gasteiger partial charge in [-0.2, -0.15) is 0 Å². The molecule has 33 heavy (non-hydrogen) atoms. The first-order valence-corrected chi connectivity index (χ1v) is 12.4. The molecule has 8 heteroatoms. The SMILES string of the molecule is NC(N)=NCCC(=O)N[C@@H]1CC[C@@]2(O)[C@H]3Cc4ccc(O)cc4[C@@]2(CCCN3CC2CC2)C1. The predicted molar refractivity (Wildman–Crippen MR) is 127 cm³/mol. The number of hydrogen-bond acceptors (Lipinski definition) is 5. The first kappa shape index (κ1) is 22.5. The summed E-state index contributed by atoms with van der Waals surface area (Å²) in [5, 5.41) is 26.0. The number of benzene rings is 1. The molecule has 1 amide bonds. The molecule has 0 radical (unpaired) electrons. The third-order valence-corrected chi connectivity index (χ3v) is 8.55. The lowest BCUT2D eigenvalue weighted by atomic mass is 9.50. The van der Waals surface area contributed by atoms with Gasteiger partial charge in [0.25, 0.3) is 0 Å². The van der Waals surface area contributed by atoms with Gasteiger partial charge in [0.2, 0.25) is 5.91 Å². The number of phenolic OH excluding ortho intramolecular Hbond substituents is 1. The highest BCUT2D eigenvalue weighted by Crippen LogP contribution is 2.58. The Labute approximate surface area is 195 Å². The summed E-state index contributed by atoms with van der Waals surface area (Å²) in [6.07, 6.45) is 7.58. The van der Waals surface area contributed by atoms with Crippen molar-refractivity contribution in [3.8, 4) is 5.75 Å². The number of guanidine groups is 1. The smallest absolute Gasteiger partial charge is 0.222 e. The highest BCUT2D eigenvalue weighted by Gasteiger charge is 2.63. The van der Waals surface area contributed by atoms with E-state index in [0.29, 0.717) is 12.8 Å². The standard InChI is InChI=1S/C25H37N5O3/c26-23(27)28-10-7-22(32)29-18-6-9-25(33)21-12-17-4-5-19(31)13-20(17)24(25,14-18)8-1-11-30(21)15-16-2-3-16/h4-5,13,16,18,21,31,33H,1-3,6-12,14-15H2,(H,29,32)(H4,26,27,28)/t18-,21-,24-,25-/m1/s1. The lowest BCUT2D eigenvalue weighted by Gasteiger charge is -2.60. The number of phenols is 1. The Morgan fingerprint density at radius 1 is 1.24 bits per heavy atom.